The lowest BCUT2D eigenvalue weighted by Gasteiger charge is -2.20. The van der Waals surface area contributed by atoms with Crippen molar-refractivity contribution >= 4 is 23.0 Å². The molecule has 0 bridgehead atoms. The molecule has 0 aliphatic carbocycles. The molecule has 31 heavy (non-hydrogen) atoms. The van der Waals surface area contributed by atoms with Gasteiger partial charge in [0.15, 0.2) is 5.82 Å². The molecule has 7 heteroatoms. The summed E-state index contributed by atoms with van der Waals surface area (Å²) in [6.45, 7) is 0. The minimum Gasteiger partial charge on any atom is -0.496 e. The molecule has 6 nitrogen and oxygen atoms in total. The third-order valence-electron chi connectivity index (χ3n) is 5.19. The predicted molar refractivity (Wildman–Crippen MR) is 121 cm³/mol. The van der Waals surface area contributed by atoms with Crippen molar-refractivity contribution in [2.75, 3.05) is 12.1 Å². The first-order chi connectivity index (χ1) is 15.2. The van der Waals surface area contributed by atoms with Crippen LogP contribution >= 0.6 is 11.6 Å². The van der Waals surface area contributed by atoms with Crippen LogP contribution in [-0.4, -0.2) is 23.0 Å². The summed E-state index contributed by atoms with van der Waals surface area (Å²) in [7, 11) is 1.62. The second-order valence-electron chi connectivity index (χ2n) is 7.11. The average Bonchev–Trinajstić information content (AvgIpc) is 3.48. The Kier molecular flexibility index (Phi) is 5.14. The van der Waals surface area contributed by atoms with E-state index < -0.39 is 0 Å². The van der Waals surface area contributed by atoms with E-state index in [1.807, 2.05) is 83.9 Å². The molecule has 0 radical (unpaired) electrons. The molecule has 0 saturated heterocycles. The average molecular weight is 431 g/mol. The molecule has 1 aliphatic rings. The molecule has 1 aliphatic heterocycles. The van der Waals surface area contributed by atoms with Gasteiger partial charge >= 0.3 is 0 Å². The van der Waals surface area contributed by atoms with Crippen LogP contribution < -0.4 is 9.75 Å². The van der Waals surface area contributed by atoms with Gasteiger partial charge < -0.3 is 9.26 Å². The summed E-state index contributed by atoms with van der Waals surface area (Å²) in [6.07, 6.45) is 0.640. The van der Waals surface area contributed by atoms with Gasteiger partial charge in [0, 0.05) is 11.4 Å². The van der Waals surface area contributed by atoms with Crippen molar-refractivity contribution in [1.29, 1.82) is 0 Å². The number of benzene rings is 3. The Morgan fingerprint density at radius 1 is 0.968 bits per heavy atom. The van der Waals surface area contributed by atoms with E-state index >= 15 is 0 Å². The van der Waals surface area contributed by atoms with Gasteiger partial charge in [0.1, 0.15) is 11.8 Å². The predicted octanol–water partition coefficient (Wildman–Crippen LogP) is 5.75. The van der Waals surface area contributed by atoms with E-state index in [1.165, 1.54) is 0 Å². The lowest BCUT2D eigenvalue weighted by molar-refractivity contribution is 0.400. The molecule has 0 amide bonds. The van der Waals surface area contributed by atoms with E-state index in [0.717, 1.165) is 22.5 Å². The van der Waals surface area contributed by atoms with Crippen LogP contribution in [-0.2, 0) is 0 Å². The first kappa shape index (κ1) is 19.3. The molecular formula is C24H19ClN4O2. The van der Waals surface area contributed by atoms with Gasteiger partial charge in [-0.05, 0) is 42.0 Å². The number of rotatable bonds is 5. The number of hydrogen-bond acceptors (Lipinski definition) is 6. The van der Waals surface area contributed by atoms with E-state index in [-0.39, 0.29) is 6.04 Å². The number of hydrogen-bond donors (Lipinski definition) is 0. The van der Waals surface area contributed by atoms with Crippen molar-refractivity contribution in [3.63, 3.8) is 0 Å². The first-order valence-corrected chi connectivity index (χ1v) is 10.3. The Balaban J connectivity index is 1.52. The number of halogens is 1. The second-order valence-corrected chi connectivity index (χ2v) is 7.55. The van der Waals surface area contributed by atoms with Gasteiger partial charge in [-0.15, -0.1) is 0 Å². The first-order valence-electron chi connectivity index (χ1n) is 9.87. The zero-order valence-electron chi connectivity index (χ0n) is 16.8. The lowest BCUT2D eigenvalue weighted by Crippen LogP contribution is -2.19. The summed E-state index contributed by atoms with van der Waals surface area (Å²) in [6, 6.07) is 25.1. The molecule has 0 fully saturated rings. The highest BCUT2D eigenvalue weighted by molar-refractivity contribution is 6.30. The van der Waals surface area contributed by atoms with E-state index in [1.54, 1.807) is 7.11 Å². The van der Waals surface area contributed by atoms with Gasteiger partial charge in [-0.1, -0.05) is 59.2 Å². The fourth-order valence-corrected chi connectivity index (χ4v) is 3.77. The van der Waals surface area contributed by atoms with Crippen molar-refractivity contribution in [1.82, 2.24) is 10.1 Å². The van der Waals surface area contributed by atoms with Crippen LogP contribution in [0.2, 0.25) is 5.02 Å². The van der Waals surface area contributed by atoms with Crippen LogP contribution in [0.1, 0.15) is 23.9 Å². The number of para-hydroxylation sites is 2. The third-order valence-corrected chi connectivity index (χ3v) is 5.44. The molecule has 2 heterocycles. The maximum Gasteiger partial charge on any atom is 0.261 e. The molecule has 5 rings (SSSR count). The van der Waals surface area contributed by atoms with Gasteiger partial charge in [0.2, 0.25) is 0 Å². The Hall–Kier alpha value is -3.64. The summed E-state index contributed by atoms with van der Waals surface area (Å²) in [5.41, 5.74) is 3.67. The third kappa shape index (κ3) is 3.78. The Morgan fingerprint density at radius 3 is 2.48 bits per heavy atom. The fraction of sp³-hybridized carbons (Fsp3) is 0.125. The number of aromatic nitrogens is 2. The van der Waals surface area contributed by atoms with Gasteiger partial charge in [-0.3, -0.25) is 5.01 Å². The second kappa shape index (κ2) is 8.24. The molecule has 0 saturated carbocycles. The summed E-state index contributed by atoms with van der Waals surface area (Å²) in [5, 5.41) is 11.8. The topological polar surface area (TPSA) is 63.8 Å². The van der Waals surface area contributed by atoms with E-state index in [0.29, 0.717) is 28.9 Å². The minimum absolute atomic E-state index is 0.194. The maximum absolute atomic E-state index is 6.06. The van der Waals surface area contributed by atoms with Crippen molar-refractivity contribution in [3.05, 3.63) is 95.3 Å². The molecular weight excluding hydrogens is 412 g/mol. The highest BCUT2D eigenvalue weighted by Crippen LogP contribution is 2.37. The summed E-state index contributed by atoms with van der Waals surface area (Å²) < 4.78 is 11.0. The molecule has 1 atom stereocenters. The van der Waals surface area contributed by atoms with Gasteiger partial charge in [0.25, 0.3) is 5.89 Å². The maximum atomic E-state index is 6.06. The van der Waals surface area contributed by atoms with Crippen LogP contribution in [0, 0.1) is 0 Å². The lowest BCUT2D eigenvalue weighted by atomic mass is 10.0. The van der Waals surface area contributed by atoms with Crippen molar-refractivity contribution in [2.45, 2.75) is 12.5 Å². The normalized spacial score (nSPS) is 15.7. The number of hydrazone groups is 1. The van der Waals surface area contributed by atoms with Crippen LogP contribution in [0.4, 0.5) is 5.69 Å². The van der Waals surface area contributed by atoms with Gasteiger partial charge in [-0.2, -0.15) is 10.1 Å². The fourth-order valence-electron chi connectivity index (χ4n) is 3.65. The Bertz CT molecular complexity index is 1220. The highest BCUT2D eigenvalue weighted by Gasteiger charge is 2.33. The molecule has 0 spiro atoms. The SMILES string of the molecule is COc1ccccc1-c1nc(C2CC(c3ccc(Cl)cc3)=NN2c2ccccc2)no1. The van der Waals surface area contributed by atoms with Crippen molar-refractivity contribution in [3.8, 4) is 17.2 Å². The summed E-state index contributed by atoms with van der Waals surface area (Å²) >= 11 is 6.06. The van der Waals surface area contributed by atoms with Gasteiger partial charge in [0.05, 0.1) is 24.1 Å². The molecule has 1 aromatic heterocycles. The molecule has 3 aromatic carbocycles. The largest absolute Gasteiger partial charge is 0.496 e. The molecule has 154 valence electrons. The zero-order chi connectivity index (χ0) is 21.2. The Morgan fingerprint density at radius 2 is 1.71 bits per heavy atom. The number of ether oxygens (including phenoxy) is 1. The summed E-state index contributed by atoms with van der Waals surface area (Å²) in [4.78, 5) is 4.70. The minimum atomic E-state index is -0.194. The van der Waals surface area contributed by atoms with E-state index in [4.69, 9.17) is 30.9 Å². The number of anilines is 1. The summed E-state index contributed by atoms with van der Waals surface area (Å²) in [5.74, 6) is 1.67. The highest BCUT2D eigenvalue weighted by atomic mass is 35.5. The van der Waals surface area contributed by atoms with Crippen molar-refractivity contribution < 1.29 is 9.26 Å². The molecule has 1 unspecified atom stereocenters. The molecule has 4 aromatic rings. The smallest absolute Gasteiger partial charge is 0.261 e. The van der Waals surface area contributed by atoms with Crippen LogP contribution in [0.3, 0.4) is 0 Å². The standard InChI is InChI=1S/C24H19ClN4O2/c1-30-22-10-6-5-9-19(22)24-26-23(28-31-24)21-15-20(16-11-13-17(25)14-12-16)27-29(21)18-7-3-2-4-8-18/h2-14,21H,15H2,1H3. The number of nitrogens with zero attached hydrogens (tertiary/aromatic N) is 4. The molecule has 0 N–H and O–H groups in total. The van der Waals surface area contributed by atoms with Crippen molar-refractivity contribution in [2.24, 2.45) is 5.10 Å². The van der Waals surface area contributed by atoms with Gasteiger partial charge in [-0.25, -0.2) is 0 Å². The van der Waals surface area contributed by atoms with E-state index in [9.17, 15) is 0 Å². The zero-order valence-corrected chi connectivity index (χ0v) is 17.5. The monoisotopic (exact) mass is 430 g/mol. The number of methoxy groups -OCH3 is 1. The van der Waals surface area contributed by atoms with Crippen LogP contribution in [0.15, 0.2) is 88.5 Å². The van der Waals surface area contributed by atoms with Crippen LogP contribution in [0.25, 0.3) is 11.5 Å². The van der Waals surface area contributed by atoms with Crippen LogP contribution in [0.5, 0.6) is 5.75 Å². The quantitative estimate of drug-likeness (QED) is 0.403. The Labute approximate surface area is 184 Å². The van der Waals surface area contributed by atoms with E-state index in [2.05, 4.69) is 5.16 Å².